The molecule has 18 heavy (non-hydrogen) atoms. The van der Waals surface area contributed by atoms with Crippen molar-refractivity contribution in [3.8, 4) is 0 Å². The van der Waals surface area contributed by atoms with Gasteiger partial charge in [-0.15, -0.1) is 0 Å². The van der Waals surface area contributed by atoms with E-state index in [0.29, 0.717) is 0 Å². The largest absolute Gasteiger partial charge is 0.394 e. The van der Waals surface area contributed by atoms with E-state index >= 15 is 0 Å². The van der Waals surface area contributed by atoms with E-state index in [1.807, 2.05) is 0 Å². The van der Waals surface area contributed by atoms with Crippen LogP contribution in [0.5, 0.6) is 0 Å². The fourth-order valence-electron chi connectivity index (χ4n) is 1.95. The molecule has 100 valence electrons. The van der Waals surface area contributed by atoms with Gasteiger partial charge in [-0.1, -0.05) is 0 Å². The number of nitrogens with two attached hydrogens (primary N) is 1. The summed E-state index contributed by atoms with van der Waals surface area (Å²) in [6.45, 7) is -0.408. The summed E-state index contributed by atoms with van der Waals surface area (Å²) in [5.41, 5.74) is 4.73. The summed E-state index contributed by atoms with van der Waals surface area (Å²) in [7, 11) is 0. The lowest BCUT2D eigenvalue weighted by molar-refractivity contribution is -0.170. The molecule has 8 nitrogen and oxygen atoms in total. The molecule has 0 aliphatic carbocycles. The number of nitrogens with zero attached hydrogens (tertiary/aromatic N) is 2. The Morgan fingerprint density at radius 1 is 1.50 bits per heavy atom. The molecule has 1 aliphatic heterocycles. The molecule has 2 rings (SSSR count). The monoisotopic (exact) mass is 257 g/mol. The summed E-state index contributed by atoms with van der Waals surface area (Å²) in [6, 6.07) is 0.655. The summed E-state index contributed by atoms with van der Waals surface area (Å²) >= 11 is 0. The summed E-state index contributed by atoms with van der Waals surface area (Å²) in [5.74, 6) is 0.0799. The van der Waals surface area contributed by atoms with Gasteiger partial charge < -0.3 is 25.8 Å². The number of hydrogen-bond acceptors (Lipinski definition) is 7. The van der Waals surface area contributed by atoms with E-state index in [2.05, 4.69) is 4.98 Å². The first-order valence-electron chi connectivity index (χ1n) is 5.48. The molecular weight excluding hydrogens is 242 g/mol. The predicted octanol–water partition coefficient (Wildman–Crippen LogP) is -2.52. The number of nitrogen functional groups attached to an aromatic ring is 1. The highest BCUT2D eigenvalue weighted by Gasteiger charge is 2.39. The Bertz CT molecular complexity index is 477. The molecule has 0 bridgehead atoms. The molecule has 0 unspecified atom stereocenters. The SMILES string of the molecule is Nc1ccn([C@@H]2CO[C@H](CO)[C@@H](O)[C@@H]2O)c(=O)n1. The van der Waals surface area contributed by atoms with Crippen LogP contribution in [0.3, 0.4) is 0 Å². The predicted molar refractivity (Wildman–Crippen MR) is 60.8 cm³/mol. The van der Waals surface area contributed by atoms with Crippen LogP contribution in [0.2, 0.25) is 0 Å². The highest BCUT2D eigenvalue weighted by atomic mass is 16.5. The third-order valence-corrected chi connectivity index (χ3v) is 2.99. The highest BCUT2D eigenvalue weighted by molar-refractivity contribution is 5.23. The molecule has 2 heterocycles. The van der Waals surface area contributed by atoms with E-state index in [0.717, 1.165) is 4.57 Å². The molecule has 1 fully saturated rings. The average Bonchev–Trinajstić information content (AvgIpc) is 2.34. The third-order valence-electron chi connectivity index (χ3n) is 2.99. The second kappa shape index (κ2) is 5.02. The number of aromatic nitrogens is 2. The topological polar surface area (TPSA) is 131 Å². The molecule has 4 atom stereocenters. The molecule has 0 amide bonds. The van der Waals surface area contributed by atoms with Gasteiger partial charge in [0.05, 0.1) is 19.3 Å². The van der Waals surface area contributed by atoms with E-state index in [-0.39, 0.29) is 12.4 Å². The van der Waals surface area contributed by atoms with Crippen LogP contribution >= 0.6 is 0 Å². The number of aliphatic hydroxyl groups excluding tert-OH is 3. The molecule has 1 aromatic heterocycles. The quantitative estimate of drug-likeness (QED) is 0.460. The zero-order chi connectivity index (χ0) is 13.3. The van der Waals surface area contributed by atoms with Gasteiger partial charge >= 0.3 is 5.69 Å². The number of rotatable bonds is 2. The lowest BCUT2D eigenvalue weighted by Gasteiger charge is -2.37. The van der Waals surface area contributed by atoms with Crippen molar-refractivity contribution in [3.63, 3.8) is 0 Å². The second-order valence-electron chi connectivity index (χ2n) is 4.15. The number of hydrogen-bond donors (Lipinski definition) is 4. The third kappa shape index (κ3) is 2.23. The summed E-state index contributed by atoms with van der Waals surface area (Å²) < 4.78 is 6.33. The number of ether oxygens (including phenoxy) is 1. The van der Waals surface area contributed by atoms with Crippen LogP contribution in [0.4, 0.5) is 5.82 Å². The van der Waals surface area contributed by atoms with Crippen molar-refractivity contribution in [2.24, 2.45) is 0 Å². The summed E-state index contributed by atoms with van der Waals surface area (Å²) in [4.78, 5) is 15.2. The van der Waals surface area contributed by atoms with Gasteiger partial charge in [-0.3, -0.25) is 4.57 Å². The van der Waals surface area contributed by atoms with Crippen molar-refractivity contribution >= 4 is 5.82 Å². The molecule has 1 aliphatic rings. The average molecular weight is 257 g/mol. The molecule has 0 radical (unpaired) electrons. The maximum atomic E-state index is 11.6. The van der Waals surface area contributed by atoms with Gasteiger partial charge in [0.1, 0.15) is 24.1 Å². The molecule has 8 heteroatoms. The zero-order valence-corrected chi connectivity index (χ0v) is 9.51. The molecule has 5 N–H and O–H groups in total. The summed E-state index contributed by atoms with van der Waals surface area (Å²) in [5, 5.41) is 28.6. The van der Waals surface area contributed by atoms with Gasteiger partial charge in [-0.25, -0.2) is 4.79 Å². The van der Waals surface area contributed by atoms with E-state index in [1.54, 1.807) is 0 Å². The van der Waals surface area contributed by atoms with Crippen molar-refractivity contribution in [3.05, 3.63) is 22.7 Å². The molecule has 1 aromatic rings. The minimum absolute atomic E-state index is 0.00500. The standard InChI is InChI=1S/C10H15N3O5/c11-7-1-2-13(10(17)12-7)5-4-18-6(3-14)9(16)8(5)15/h1-2,5-6,8-9,14-16H,3-4H2,(H2,11,12,17)/t5-,6-,8-,9-/m1/s1. The molecule has 0 saturated carbocycles. The van der Waals surface area contributed by atoms with E-state index in [1.165, 1.54) is 12.3 Å². The molecule has 0 spiro atoms. The van der Waals surface area contributed by atoms with E-state index in [9.17, 15) is 15.0 Å². The van der Waals surface area contributed by atoms with Gasteiger partial charge in [0.15, 0.2) is 0 Å². The number of anilines is 1. The van der Waals surface area contributed by atoms with Crippen molar-refractivity contribution in [2.75, 3.05) is 18.9 Å². The first-order chi connectivity index (χ1) is 8.54. The number of aliphatic hydroxyl groups is 3. The lowest BCUT2D eigenvalue weighted by Crippen LogP contribution is -2.53. The van der Waals surface area contributed by atoms with E-state index in [4.69, 9.17) is 15.6 Å². The first kappa shape index (κ1) is 13.0. The zero-order valence-electron chi connectivity index (χ0n) is 9.51. The molecular formula is C10H15N3O5. The fraction of sp³-hybridized carbons (Fsp3) is 0.600. The lowest BCUT2D eigenvalue weighted by atomic mass is 9.98. The van der Waals surface area contributed by atoms with Crippen LogP contribution in [0.1, 0.15) is 6.04 Å². The second-order valence-corrected chi connectivity index (χ2v) is 4.15. The van der Waals surface area contributed by atoms with E-state index < -0.39 is 36.7 Å². The summed E-state index contributed by atoms with van der Waals surface area (Å²) in [6.07, 6.45) is -1.96. The normalized spacial score (nSPS) is 32.4. The van der Waals surface area contributed by atoms with Gasteiger partial charge in [0, 0.05) is 6.20 Å². The van der Waals surface area contributed by atoms with Gasteiger partial charge in [-0.05, 0) is 6.07 Å². The minimum Gasteiger partial charge on any atom is -0.394 e. The first-order valence-corrected chi connectivity index (χ1v) is 5.48. The fourth-order valence-corrected chi connectivity index (χ4v) is 1.95. The molecule has 1 saturated heterocycles. The van der Waals surface area contributed by atoms with Crippen LogP contribution < -0.4 is 11.4 Å². The Balaban J connectivity index is 2.27. The van der Waals surface area contributed by atoms with Crippen molar-refractivity contribution in [1.82, 2.24) is 9.55 Å². The van der Waals surface area contributed by atoms with Crippen LogP contribution in [0.15, 0.2) is 17.1 Å². The Morgan fingerprint density at radius 3 is 2.83 bits per heavy atom. The van der Waals surface area contributed by atoms with Gasteiger partial charge in [0.25, 0.3) is 0 Å². The van der Waals surface area contributed by atoms with Gasteiger partial charge in [0.2, 0.25) is 0 Å². The minimum atomic E-state index is -1.27. The molecule has 0 aromatic carbocycles. The Kier molecular flexibility index (Phi) is 3.62. The Hall–Kier alpha value is -1.48. The Morgan fingerprint density at radius 2 is 2.22 bits per heavy atom. The van der Waals surface area contributed by atoms with Crippen molar-refractivity contribution in [1.29, 1.82) is 0 Å². The highest BCUT2D eigenvalue weighted by Crippen LogP contribution is 2.23. The van der Waals surface area contributed by atoms with Crippen molar-refractivity contribution < 1.29 is 20.1 Å². The smallest absolute Gasteiger partial charge is 0.349 e. The van der Waals surface area contributed by atoms with Crippen molar-refractivity contribution in [2.45, 2.75) is 24.4 Å². The Labute approximate surface area is 102 Å². The van der Waals surface area contributed by atoms with Crippen LogP contribution in [0.25, 0.3) is 0 Å². The maximum Gasteiger partial charge on any atom is 0.349 e. The maximum absolute atomic E-state index is 11.6. The van der Waals surface area contributed by atoms with Crippen LogP contribution in [0, 0.1) is 0 Å². The van der Waals surface area contributed by atoms with Crippen LogP contribution in [-0.4, -0.2) is 56.4 Å². The van der Waals surface area contributed by atoms with Crippen LogP contribution in [-0.2, 0) is 4.74 Å². The van der Waals surface area contributed by atoms with Gasteiger partial charge in [-0.2, -0.15) is 4.98 Å².